The van der Waals surface area contributed by atoms with E-state index in [2.05, 4.69) is 40.1 Å². The molecule has 0 aliphatic carbocycles. The van der Waals surface area contributed by atoms with E-state index in [9.17, 15) is 4.79 Å². The van der Waals surface area contributed by atoms with Crippen LogP contribution in [0, 0.1) is 0 Å². The average molecular weight is 445 g/mol. The van der Waals surface area contributed by atoms with Gasteiger partial charge < -0.3 is 19.1 Å². The van der Waals surface area contributed by atoms with Crippen LogP contribution in [0.2, 0.25) is 0 Å². The number of piperazine rings is 1. The molecule has 33 heavy (non-hydrogen) atoms. The molecule has 0 bridgehead atoms. The Morgan fingerprint density at radius 2 is 1.55 bits per heavy atom. The van der Waals surface area contributed by atoms with Gasteiger partial charge in [0.1, 0.15) is 0 Å². The fourth-order valence-corrected chi connectivity index (χ4v) is 4.32. The first-order valence-corrected chi connectivity index (χ1v) is 11.4. The van der Waals surface area contributed by atoms with E-state index >= 15 is 0 Å². The summed E-state index contributed by atoms with van der Waals surface area (Å²) in [6.07, 6.45) is 0. The number of esters is 1. The fourth-order valence-electron chi connectivity index (χ4n) is 4.32. The summed E-state index contributed by atoms with van der Waals surface area (Å²) in [4.78, 5) is 16.7. The molecule has 0 N–H and O–H groups in total. The number of nitrogens with zero attached hydrogens (tertiary/aromatic N) is 2. The van der Waals surface area contributed by atoms with E-state index in [4.69, 9.17) is 14.2 Å². The molecule has 2 aliphatic heterocycles. The molecule has 0 saturated carbocycles. The van der Waals surface area contributed by atoms with Crippen LogP contribution in [0.15, 0.2) is 66.7 Å². The minimum Gasteiger partial charge on any atom is -0.462 e. The lowest BCUT2D eigenvalue weighted by atomic mass is 10.0. The largest absolute Gasteiger partial charge is 0.462 e. The van der Waals surface area contributed by atoms with E-state index < -0.39 is 0 Å². The molecule has 170 valence electrons. The van der Waals surface area contributed by atoms with Gasteiger partial charge in [-0.1, -0.05) is 30.3 Å². The summed E-state index contributed by atoms with van der Waals surface area (Å²) in [5, 5.41) is 0. The number of carbonyl (C=O) groups excluding carboxylic acids is 1. The van der Waals surface area contributed by atoms with Gasteiger partial charge in [0.05, 0.1) is 12.2 Å². The van der Waals surface area contributed by atoms with Gasteiger partial charge >= 0.3 is 5.97 Å². The lowest BCUT2D eigenvalue weighted by molar-refractivity contribution is 0.0526. The lowest BCUT2D eigenvalue weighted by Crippen LogP contribution is -2.45. The molecule has 2 heterocycles. The topological polar surface area (TPSA) is 51.2 Å². The summed E-state index contributed by atoms with van der Waals surface area (Å²) in [5.41, 5.74) is 5.37. The molecule has 3 aromatic rings. The van der Waals surface area contributed by atoms with E-state index in [1.165, 1.54) is 11.1 Å². The molecular formula is C27H28N2O4. The van der Waals surface area contributed by atoms with E-state index in [-0.39, 0.29) is 5.97 Å². The van der Waals surface area contributed by atoms with Crippen molar-refractivity contribution in [3.63, 3.8) is 0 Å². The standard InChI is InChI=1S/C27H28N2O4/c1-2-31-27(30)22-7-10-24(11-8-22)29-15-13-28(14-16-29)18-20-3-5-21(6-4-20)23-9-12-25-26(17-23)33-19-32-25/h3-12,17H,2,13-16,18-19H2,1H3. The Balaban J connectivity index is 1.15. The summed E-state index contributed by atoms with van der Waals surface area (Å²) in [6.45, 7) is 7.39. The second kappa shape index (κ2) is 9.55. The van der Waals surface area contributed by atoms with Gasteiger partial charge in [-0.15, -0.1) is 0 Å². The Kier molecular flexibility index (Phi) is 6.17. The third kappa shape index (κ3) is 4.81. The van der Waals surface area contributed by atoms with Gasteiger partial charge in [0, 0.05) is 38.4 Å². The van der Waals surface area contributed by atoms with Crippen molar-refractivity contribution < 1.29 is 19.0 Å². The molecule has 1 fully saturated rings. The van der Waals surface area contributed by atoms with E-state index in [0.29, 0.717) is 19.0 Å². The first kappa shape index (κ1) is 21.3. The van der Waals surface area contributed by atoms with E-state index in [0.717, 1.165) is 55.5 Å². The molecule has 0 atom stereocenters. The van der Waals surface area contributed by atoms with E-state index in [1.54, 1.807) is 0 Å². The van der Waals surface area contributed by atoms with Crippen molar-refractivity contribution in [2.24, 2.45) is 0 Å². The normalized spacial score (nSPS) is 15.5. The van der Waals surface area contributed by atoms with Crippen molar-refractivity contribution in [1.82, 2.24) is 4.90 Å². The van der Waals surface area contributed by atoms with Crippen LogP contribution >= 0.6 is 0 Å². The Labute approximate surface area is 194 Å². The number of benzene rings is 3. The molecule has 6 nitrogen and oxygen atoms in total. The molecule has 1 saturated heterocycles. The number of ether oxygens (including phenoxy) is 3. The van der Waals surface area contributed by atoms with Crippen molar-refractivity contribution >= 4 is 11.7 Å². The average Bonchev–Trinajstić information content (AvgIpc) is 3.33. The molecule has 6 heteroatoms. The Morgan fingerprint density at radius 1 is 0.848 bits per heavy atom. The van der Waals surface area contributed by atoms with Crippen LogP contribution < -0.4 is 14.4 Å². The molecule has 0 unspecified atom stereocenters. The van der Waals surface area contributed by atoms with E-state index in [1.807, 2.05) is 43.3 Å². The Bertz CT molecular complexity index is 1100. The van der Waals surface area contributed by atoms with Crippen LogP contribution in [0.5, 0.6) is 11.5 Å². The van der Waals surface area contributed by atoms with Crippen molar-refractivity contribution in [2.75, 3.05) is 44.5 Å². The highest BCUT2D eigenvalue weighted by Crippen LogP contribution is 2.36. The van der Waals surface area contributed by atoms with Crippen LogP contribution in [0.4, 0.5) is 5.69 Å². The zero-order chi connectivity index (χ0) is 22.6. The zero-order valence-electron chi connectivity index (χ0n) is 18.8. The molecule has 0 amide bonds. The Morgan fingerprint density at radius 3 is 2.27 bits per heavy atom. The van der Waals surface area contributed by atoms with Crippen molar-refractivity contribution in [3.8, 4) is 22.6 Å². The zero-order valence-corrected chi connectivity index (χ0v) is 18.8. The number of carbonyl (C=O) groups is 1. The number of anilines is 1. The Hall–Kier alpha value is -3.51. The summed E-state index contributed by atoms with van der Waals surface area (Å²) in [5.74, 6) is 1.35. The van der Waals surface area contributed by atoms with Crippen molar-refractivity contribution in [3.05, 3.63) is 77.9 Å². The molecule has 0 spiro atoms. The summed E-state index contributed by atoms with van der Waals surface area (Å²) >= 11 is 0. The minimum absolute atomic E-state index is 0.265. The van der Waals surface area contributed by atoms with Gasteiger partial charge in [0.2, 0.25) is 6.79 Å². The van der Waals surface area contributed by atoms with Gasteiger partial charge in [0.25, 0.3) is 0 Å². The monoisotopic (exact) mass is 444 g/mol. The maximum Gasteiger partial charge on any atom is 0.338 e. The third-order valence-corrected chi connectivity index (χ3v) is 6.18. The first-order chi connectivity index (χ1) is 16.2. The second-order valence-corrected chi connectivity index (χ2v) is 8.30. The van der Waals surface area contributed by atoms with Gasteiger partial charge in [-0.3, -0.25) is 4.90 Å². The van der Waals surface area contributed by atoms with Crippen molar-refractivity contribution in [1.29, 1.82) is 0 Å². The van der Waals surface area contributed by atoms with Gasteiger partial charge in [-0.05, 0) is 60.0 Å². The molecule has 0 radical (unpaired) electrons. The van der Waals surface area contributed by atoms with Gasteiger partial charge in [-0.2, -0.15) is 0 Å². The SMILES string of the molecule is CCOC(=O)c1ccc(N2CCN(Cc3ccc(-c4ccc5c(c4)OCO5)cc3)CC2)cc1. The number of rotatable bonds is 6. The maximum absolute atomic E-state index is 11.8. The molecule has 3 aromatic carbocycles. The highest BCUT2D eigenvalue weighted by Gasteiger charge is 2.18. The molecular weight excluding hydrogens is 416 g/mol. The van der Waals surface area contributed by atoms with Crippen LogP contribution in [0.25, 0.3) is 11.1 Å². The van der Waals surface area contributed by atoms with Gasteiger partial charge in [-0.25, -0.2) is 4.79 Å². The number of hydrogen-bond acceptors (Lipinski definition) is 6. The quantitative estimate of drug-likeness (QED) is 0.519. The molecule has 0 aromatic heterocycles. The highest BCUT2D eigenvalue weighted by atomic mass is 16.7. The van der Waals surface area contributed by atoms with Crippen LogP contribution in [0.1, 0.15) is 22.8 Å². The minimum atomic E-state index is -0.265. The fraction of sp³-hybridized carbons (Fsp3) is 0.296. The first-order valence-electron chi connectivity index (χ1n) is 11.4. The van der Waals surface area contributed by atoms with Crippen molar-refractivity contribution in [2.45, 2.75) is 13.5 Å². The summed E-state index contributed by atoms with van der Waals surface area (Å²) < 4.78 is 16.0. The molecule has 2 aliphatic rings. The smallest absolute Gasteiger partial charge is 0.338 e. The third-order valence-electron chi connectivity index (χ3n) is 6.18. The highest BCUT2D eigenvalue weighted by molar-refractivity contribution is 5.89. The van der Waals surface area contributed by atoms with Gasteiger partial charge in [0.15, 0.2) is 11.5 Å². The predicted octanol–water partition coefficient (Wildman–Crippen LogP) is 4.58. The lowest BCUT2D eigenvalue weighted by Gasteiger charge is -2.36. The number of hydrogen-bond donors (Lipinski definition) is 0. The van der Waals surface area contributed by atoms with Crippen LogP contribution in [0.3, 0.4) is 0 Å². The number of fused-ring (bicyclic) bond motifs is 1. The summed E-state index contributed by atoms with van der Waals surface area (Å²) in [7, 11) is 0. The van der Waals surface area contributed by atoms with Crippen LogP contribution in [-0.4, -0.2) is 50.4 Å². The predicted molar refractivity (Wildman–Crippen MR) is 128 cm³/mol. The van der Waals surface area contributed by atoms with Crippen LogP contribution in [-0.2, 0) is 11.3 Å². The maximum atomic E-state index is 11.8. The summed E-state index contributed by atoms with van der Waals surface area (Å²) in [6, 6.07) is 22.6. The second-order valence-electron chi connectivity index (χ2n) is 8.30. The molecule has 5 rings (SSSR count).